The summed E-state index contributed by atoms with van der Waals surface area (Å²) in [7, 11) is 3.99. The standard InChI is InChI=1S/C14H23N3O2/c1-11(10-15)14(18)16-12-5-4-6-13(9-12)19-8-7-17(2)3/h4-6,9,11H,7-8,10,15H2,1-3H3,(H,16,18). The zero-order valence-corrected chi connectivity index (χ0v) is 11.8. The molecule has 0 aliphatic rings. The van der Waals surface area contributed by atoms with Gasteiger partial charge in [-0.15, -0.1) is 0 Å². The molecule has 1 aromatic rings. The predicted molar refractivity (Wildman–Crippen MR) is 77.3 cm³/mol. The van der Waals surface area contributed by atoms with E-state index in [1.54, 1.807) is 6.92 Å². The number of nitrogens with zero attached hydrogens (tertiary/aromatic N) is 1. The number of hydrogen-bond donors (Lipinski definition) is 2. The summed E-state index contributed by atoms with van der Waals surface area (Å²) in [6.07, 6.45) is 0. The van der Waals surface area contributed by atoms with E-state index in [4.69, 9.17) is 10.5 Å². The van der Waals surface area contributed by atoms with Crippen molar-refractivity contribution in [2.45, 2.75) is 6.92 Å². The Morgan fingerprint density at radius 1 is 1.47 bits per heavy atom. The molecule has 0 aromatic heterocycles. The summed E-state index contributed by atoms with van der Waals surface area (Å²) in [5, 5.41) is 2.82. The van der Waals surface area contributed by atoms with Gasteiger partial charge in [-0.05, 0) is 26.2 Å². The van der Waals surface area contributed by atoms with Crippen LogP contribution in [-0.4, -0.2) is 44.6 Å². The van der Waals surface area contributed by atoms with Crippen molar-refractivity contribution < 1.29 is 9.53 Å². The monoisotopic (exact) mass is 265 g/mol. The van der Waals surface area contributed by atoms with Crippen LogP contribution in [0.1, 0.15) is 6.92 Å². The SMILES string of the molecule is CC(CN)C(=O)Nc1cccc(OCCN(C)C)c1. The molecule has 0 aliphatic heterocycles. The third-order valence-electron chi connectivity index (χ3n) is 2.71. The van der Waals surface area contributed by atoms with Crippen LogP contribution in [0.2, 0.25) is 0 Å². The molecule has 1 rings (SSSR count). The minimum Gasteiger partial charge on any atom is -0.492 e. The number of nitrogens with two attached hydrogens (primary N) is 1. The van der Waals surface area contributed by atoms with Gasteiger partial charge in [0.25, 0.3) is 0 Å². The molecule has 106 valence electrons. The van der Waals surface area contributed by atoms with Crippen LogP contribution in [0, 0.1) is 5.92 Å². The van der Waals surface area contributed by atoms with Gasteiger partial charge < -0.3 is 20.7 Å². The molecule has 1 atom stereocenters. The van der Waals surface area contributed by atoms with Gasteiger partial charge in [0.15, 0.2) is 0 Å². The fourth-order valence-electron chi connectivity index (χ4n) is 1.38. The fourth-order valence-corrected chi connectivity index (χ4v) is 1.38. The Kier molecular flexibility index (Phi) is 6.32. The van der Waals surface area contributed by atoms with Crippen molar-refractivity contribution in [2.24, 2.45) is 11.7 Å². The molecule has 1 unspecified atom stereocenters. The van der Waals surface area contributed by atoms with Crippen molar-refractivity contribution in [1.29, 1.82) is 0 Å². The average Bonchev–Trinajstić information content (AvgIpc) is 2.37. The smallest absolute Gasteiger partial charge is 0.228 e. The van der Waals surface area contributed by atoms with Crippen molar-refractivity contribution in [3.63, 3.8) is 0 Å². The highest BCUT2D eigenvalue weighted by Crippen LogP contribution is 2.17. The first kappa shape index (κ1) is 15.5. The van der Waals surface area contributed by atoms with Crippen molar-refractivity contribution in [3.05, 3.63) is 24.3 Å². The normalized spacial score (nSPS) is 12.3. The van der Waals surface area contributed by atoms with E-state index in [0.717, 1.165) is 18.0 Å². The molecule has 0 saturated carbocycles. The van der Waals surface area contributed by atoms with Gasteiger partial charge >= 0.3 is 0 Å². The van der Waals surface area contributed by atoms with Crippen LogP contribution in [0.15, 0.2) is 24.3 Å². The van der Waals surface area contributed by atoms with E-state index in [9.17, 15) is 4.79 Å². The van der Waals surface area contributed by atoms with E-state index in [1.807, 2.05) is 38.4 Å². The third kappa shape index (κ3) is 5.72. The number of nitrogens with one attached hydrogen (secondary N) is 1. The minimum absolute atomic E-state index is 0.0760. The van der Waals surface area contributed by atoms with E-state index in [1.165, 1.54) is 0 Å². The van der Waals surface area contributed by atoms with Gasteiger partial charge in [0, 0.05) is 30.8 Å². The summed E-state index contributed by atoms with van der Waals surface area (Å²) in [5.41, 5.74) is 6.19. The number of benzene rings is 1. The highest BCUT2D eigenvalue weighted by Gasteiger charge is 2.10. The fraction of sp³-hybridized carbons (Fsp3) is 0.500. The molecular formula is C14H23N3O2. The van der Waals surface area contributed by atoms with E-state index in [-0.39, 0.29) is 11.8 Å². The highest BCUT2D eigenvalue weighted by atomic mass is 16.5. The Labute approximate surface area is 114 Å². The number of amides is 1. The second kappa shape index (κ2) is 7.76. The maximum atomic E-state index is 11.7. The molecule has 0 aliphatic carbocycles. The van der Waals surface area contributed by atoms with Gasteiger partial charge in [-0.3, -0.25) is 4.79 Å². The Hall–Kier alpha value is -1.59. The molecule has 0 fully saturated rings. The maximum Gasteiger partial charge on any atom is 0.228 e. The maximum absolute atomic E-state index is 11.7. The van der Waals surface area contributed by atoms with Gasteiger partial charge in [-0.25, -0.2) is 0 Å². The lowest BCUT2D eigenvalue weighted by molar-refractivity contribution is -0.119. The number of carbonyl (C=O) groups excluding carboxylic acids is 1. The second-order valence-corrected chi connectivity index (χ2v) is 4.81. The summed E-state index contributed by atoms with van der Waals surface area (Å²) >= 11 is 0. The number of rotatable bonds is 7. The van der Waals surface area contributed by atoms with Gasteiger partial charge in [0.1, 0.15) is 12.4 Å². The van der Waals surface area contributed by atoms with Crippen molar-refractivity contribution >= 4 is 11.6 Å². The summed E-state index contributed by atoms with van der Waals surface area (Å²) in [6, 6.07) is 7.38. The summed E-state index contributed by atoms with van der Waals surface area (Å²) in [6.45, 7) is 3.60. The highest BCUT2D eigenvalue weighted by molar-refractivity contribution is 5.92. The Morgan fingerprint density at radius 3 is 2.84 bits per heavy atom. The molecule has 3 N–H and O–H groups in total. The first-order chi connectivity index (χ1) is 9.02. The van der Waals surface area contributed by atoms with Gasteiger partial charge in [-0.2, -0.15) is 0 Å². The molecule has 19 heavy (non-hydrogen) atoms. The summed E-state index contributed by atoms with van der Waals surface area (Å²) in [5.74, 6) is 0.478. The van der Waals surface area contributed by atoms with Crippen molar-refractivity contribution in [1.82, 2.24) is 4.90 Å². The zero-order chi connectivity index (χ0) is 14.3. The summed E-state index contributed by atoms with van der Waals surface area (Å²) < 4.78 is 5.61. The topological polar surface area (TPSA) is 67.6 Å². The Bertz CT molecular complexity index is 407. The lowest BCUT2D eigenvalue weighted by atomic mass is 10.1. The third-order valence-corrected chi connectivity index (χ3v) is 2.71. The molecule has 0 bridgehead atoms. The predicted octanol–water partition coefficient (Wildman–Crippen LogP) is 1.16. The van der Waals surface area contributed by atoms with Crippen LogP contribution < -0.4 is 15.8 Å². The average molecular weight is 265 g/mol. The zero-order valence-electron chi connectivity index (χ0n) is 11.8. The molecule has 1 aromatic carbocycles. The summed E-state index contributed by atoms with van der Waals surface area (Å²) in [4.78, 5) is 13.8. The van der Waals surface area contributed by atoms with E-state index >= 15 is 0 Å². The van der Waals surface area contributed by atoms with Gasteiger partial charge in [0.2, 0.25) is 5.91 Å². The van der Waals surface area contributed by atoms with Crippen LogP contribution in [0.3, 0.4) is 0 Å². The van der Waals surface area contributed by atoms with E-state index < -0.39 is 0 Å². The van der Waals surface area contributed by atoms with Crippen LogP contribution >= 0.6 is 0 Å². The second-order valence-electron chi connectivity index (χ2n) is 4.81. The molecule has 0 radical (unpaired) electrons. The number of likely N-dealkylation sites (N-methyl/N-ethyl adjacent to an activating group) is 1. The lowest BCUT2D eigenvalue weighted by Crippen LogP contribution is -2.26. The molecular weight excluding hydrogens is 242 g/mol. The quantitative estimate of drug-likeness (QED) is 0.776. The van der Waals surface area contributed by atoms with Gasteiger partial charge in [0.05, 0.1) is 0 Å². The van der Waals surface area contributed by atoms with Crippen LogP contribution in [0.25, 0.3) is 0 Å². The minimum atomic E-state index is -0.196. The molecule has 0 saturated heterocycles. The van der Waals surface area contributed by atoms with Crippen LogP contribution in [0.5, 0.6) is 5.75 Å². The molecule has 1 amide bonds. The van der Waals surface area contributed by atoms with Crippen molar-refractivity contribution in [3.8, 4) is 5.75 Å². The van der Waals surface area contributed by atoms with E-state index in [2.05, 4.69) is 10.2 Å². The molecule has 0 spiro atoms. The molecule has 5 heteroatoms. The van der Waals surface area contributed by atoms with Crippen LogP contribution in [0.4, 0.5) is 5.69 Å². The number of anilines is 1. The first-order valence-corrected chi connectivity index (χ1v) is 6.41. The van der Waals surface area contributed by atoms with Gasteiger partial charge in [-0.1, -0.05) is 13.0 Å². The number of carbonyl (C=O) groups is 1. The van der Waals surface area contributed by atoms with E-state index in [0.29, 0.717) is 13.2 Å². The van der Waals surface area contributed by atoms with Crippen molar-refractivity contribution in [2.75, 3.05) is 39.1 Å². The lowest BCUT2D eigenvalue weighted by Gasteiger charge is -2.13. The Balaban J connectivity index is 2.54. The Morgan fingerprint density at radius 2 is 2.21 bits per heavy atom. The molecule has 0 heterocycles. The molecule has 5 nitrogen and oxygen atoms in total. The first-order valence-electron chi connectivity index (χ1n) is 6.41. The largest absolute Gasteiger partial charge is 0.492 e. The number of hydrogen-bond acceptors (Lipinski definition) is 4. The van der Waals surface area contributed by atoms with Crippen LogP contribution in [-0.2, 0) is 4.79 Å². The number of ether oxygens (including phenoxy) is 1.